The zero-order valence-electron chi connectivity index (χ0n) is 19.5. The maximum atomic E-state index is 13.3. The van der Waals surface area contributed by atoms with Crippen LogP contribution in [0.1, 0.15) is 22.6 Å². The van der Waals surface area contributed by atoms with Crippen molar-refractivity contribution in [1.82, 2.24) is 4.90 Å². The summed E-state index contributed by atoms with van der Waals surface area (Å²) in [7, 11) is 3.27. The van der Waals surface area contributed by atoms with E-state index in [9.17, 15) is 14.9 Å². The molecule has 0 radical (unpaired) electrons. The number of hydrogen-bond acceptors (Lipinski definition) is 6. The molecule has 5 rings (SSSR count). The molecule has 3 aromatic carbocycles. The number of fused-ring (bicyclic) bond motifs is 2. The van der Waals surface area contributed by atoms with Crippen LogP contribution in [0, 0.1) is 10.1 Å². The molecule has 0 aliphatic carbocycles. The van der Waals surface area contributed by atoms with Gasteiger partial charge in [-0.25, -0.2) is 0 Å². The number of methoxy groups -OCH3 is 1. The number of nitro groups is 1. The van der Waals surface area contributed by atoms with E-state index in [1.807, 2.05) is 6.07 Å². The zero-order chi connectivity index (χ0) is 25.6. The first kappa shape index (κ1) is 24.4. The van der Waals surface area contributed by atoms with Gasteiger partial charge in [-0.1, -0.05) is 53.5 Å². The molecule has 36 heavy (non-hydrogen) atoms. The molecule has 3 atom stereocenters. The minimum atomic E-state index is -1.40. The van der Waals surface area contributed by atoms with Crippen LogP contribution in [0.4, 0.5) is 5.69 Å². The summed E-state index contributed by atoms with van der Waals surface area (Å²) in [5.74, 6) is -0.0200. The number of hydrogen-bond donors (Lipinski definition) is 1. The van der Waals surface area contributed by atoms with Crippen molar-refractivity contribution in [2.75, 3.05) is 26.0 Å². The number of anilines is 1. The molecule has 8 nitrogen and oxygen atoms in total. The fourth-order valence-electron chi connectivity index (χ4n) is 5.40. The lowest BCUT2D eigenvalue weighted by Gasteiger charge is -2.30. The number of rotatable bonds is 6. The highest BCUT2D eigenvalue weighted by molar-refractivity contribution is 6.42. The molecule has 2 aliphatic heterocycles. The second-order valence-corrected chi connectivity index (χ2v) is 9.75. The minimum Gasteiger partial charge on any atom is -0.493 e. The van der Waals surface area contributed by atoms with Crippen LogP contribution in [0.15, 0.2) is 60.7 Å². The summed E-state index contributed by atoms with van der Waals surface area (Å²) >= 11 is 12.1. The lowest BCUT2D eigenvalue weighted by Crippen LogP contribution is -2.54. The number of halogens is 2. The second-order valence-electron chi connectivity index (χ2n) is 8.93. The molecule has 1 spiro atoms. The van der Waals surface area contributed by atoms with Gasteiger partial charge in [0.15, 0.2) is 17.0 Å². The maximum absolute atomic E-state index is 13.3. The van der Waals surface area contributed by atoms with Crippen molar-refractivity contribution in [1.29, 1.82) is 0 Å². The van der Waals surface area contributed by atoms with Crippen molar-refractivity contribution in [2.24, 2.45) is 0 Å². The normalized spacial score (nSPS) is 22.9. The number of amides is 1. The van der Waals surface area contributed by atoms with Crippen LogP contribution in [0.5, 0.6) is 11.5 Å². The number of carbonyl (C=O) groups is 1. The Kier molecular flexibility index (Phi) is 6.28. The van der Waals surface area contributed by atoms with Crippen molar-refractivity contribution >= 4 is 34.8 Å². The summed E-state index contributed by atoms with van der Waals surface area (Å²) in [5, 5.41) is 16.2. The van der Waals surface area contributed by atoms with Crippen molar-refractivity contribution in [3.8, 4) is 11.5 Å². The monoisotopic (exact) mass is 527 g/mol. The number of likely N-dealkylation sites (N-methyl/N-ethyl adjacent to an activating group) is 1. The van der Waals surface area contributed by atoms with E-state index in [0.717, 1.165) is 5.56 Å². The average Bonchev–Trinajstić information content (AvgIpc) is 3.34. The SMILES string of the molecule is COc1cc([C@@H]2CN(C)[C@@]3(C(=O)Nc4ccccc43)[C@H]2[N+](=O)[O-])ccc1OCc1ccc(Cl)c(Cl)c1. The van der Waals surface area contributed by atoms with E-state index in [4.69, 9.17) is 32.7 Å². The van der Waals surface area contributed by atoms with Crippen molar-refractivity contribution in [3.05, 3.63) is 97.5 Å². The number of likely N-dealkylation sites (tertiary alicyclic amines) is 1. The molecule has 3 aromatic rings. The largest absolute Gasteiger partial charge is 0.493 e. The van der Waals surface area contributed by atoms with E-state index in [2.05, 4.69) is 5.32 Å². The summed E-state index contributed by atoms with van der Waals surface area (Å²) < 4.78 is 11.5. The molecule has 1 N–H and O–H groups in total. The standard InChI is InChI=1S/C26H23Cl2N3O5/c1-30-13-17(24(31(33)34)26(30)18-5-3-4-6-21(18)29-25(26)32)16-8-10-22(23(12-16)35-2)36-14-15-7-9-19(27)20(28)11-15/h3-12,17,24H,13-14H2,1-2H3,(H,29,32)/t17-,24-,26+/m0/s1. The van der Waals surface area contributed by atoms with Crippen LogP contribution in [0.25, 0.3) is 0 Å². The Morgan fingerprint density at radius 2 is 1.89 bits per heavy atom. The van der Waals surface area contributed by atoms with Crippen LogP contribution in [0.3, 0.4) is 0 Å². The van der Waals surface area contributed by atoms with Crippen LogP contribution in [0.2, 0.25) is 10.0 Å². The molecule has 2 aliphatic rings. The molecular weight excluding hydrogens is 505 g/mol. The first-order valence-corrected chi connectivity index (χ1v) is 12.0. The zero-order valence-corrected chi connectivity index (χ0v) is 21.0. The number of nitrogens with zero attached hydrogens (tertiary/aromatic N) is 2. The van der Waals surface area contributed by atoms with Crippen molar-refractivity contribution < 1.29 is 19.2 Å². The predicted molar refractivity (Wildman–Crippen MR) is 137 cm³/mol. The molecule has 0 saturated carbocycles. The molecule has 2 heterocycles. The third-order valence-corrected chi connectivity index (χ3v) is 7.77. The molecule has 0 aromatic heterocycles. The summed E-state index contributed by atoms with van der Waals surface area (Å²) in [5.41, 5.74) is 1.34. The highest BCUT2D eigenvalue weighted by Gasteiger charge is 2.68. The number of ether oxygens (including phenoxy) is 2. The Bertz CT molecular complexity index is 1370. The molecule has 1 amide bonds. The van der Waals surface area contributed by atoms with Gasteiger partial charge in [-0.2, -0.15) is 0 Å². The molecule has 10 heteroatoms. The van der Waals surface area contributed by atoms with Gasteiger partial charge in [0, 0.05) is 22.7 Å². The first-order chi connectivity index (χ1) is 17.3. The first-order valence-electron chi connectivity index (χ1n) is 11.3. The molecule has 1 fully saturated rings. The van der Waals surface area contributed by atoms with E-state index in [1.165, 1.54) is 7.11 Å². The van der Waals surface area contributed by atoms with E-state index in [1.54, 1.807) is 66.5 Å². The second kappa shape index (κ2) is 9.28. The van der Waals surface area contributed by atoms with Crippen molar-refractivity contribution in [3.63, 3.8) is 0 Å². The summed E-state index contributed by atoms with van der Waals surface area (Å²) in [4.78, 5) is 27.2. The fraction of sp³-hybridized carbons (Fsp3) is 0.269. The topological polar surface area (TPSA) is 93.9 Å². The number of carbonyl (C=O) groups excluding carboxylic acids is 1. The molecule has 1 saturated heterocycles. The lowest BCUT2D eigenvalue weighted by atomic mass is 9.79. The van der Waals surface area contributed by atoms with Crippen LogP contribution < -0.4 is 14.8 Å². The van der Waals surface area contributed by atoms with E-state index < -0.39 is 17.5 Å². The molecule has 186 valence electrons. The highest BCUT2D eigenvalue weighted by Crippen LogP contribution is 2.52. The van der Waals surface area contributed by atoms with E-state index in [-0.39, 0.29) is 17.4 Å². The Morgan fingerprint density at radius 1 is 1.11 bits per heavy atom. The Hall–Kier alpha value is -3.33. The Morgan fingerprint density at radius 3 is 2.61 bits per heavy atom. The van der Waals surface area contributed by atoms with E-state index in [0.29, 0.717) is 44.9 Å². The number of benzene rings is 3. The molecule has 0 unspecified atom stereocenters. The average molecular weight is 528 g/mol. The van der Waals surface area contributed by atoms with Crippen LogP contribution in [-0.4, -0.2) is 42.5 Å². The van der Waals surface area contributed by atoms with Gasteiger partial charge in [0.25, 0.3) is 11.9 Å². The van der Waals surface area contributed by atoms with Crippen LogP contribution >= 0.6 is 23.2 Å². The smallest absolute Gasteiger partial charge is 0.256 e. The van der Waals surface area contributed by atoms with Gasteiger partial charge in [0.05, 0.1) is 23.1 Å². The summed E-state index contributed by atoms with van der Waals surface area (Å²) in [6.07, 6.45) is 0. The summed E-state index contributed by atoms with van der Waals surface area (Å²) in [6, 6.07) is 16.5. The van der Waals surface area contributed by atoms with E-state index >= 15 is 0 Å². The Labute approximate surface area is 217 Å². The van der Waals surface area contributed by atoms with Gasteiger partial charge < -0.3 is 14.8 Å². The van der Waals surface area contributed by atoms with Crippen molar-refractivity contribution in [2.45, 2.75) is 24.1 Å². The van der Waals surface area contributed by atoms with Gasteiger partial charge in [0.2, 0.25) is 0 Å². The Balaban J connectivity index is 1.47. The predicted octanol–water partition coefficient (Wildman–Crippen LogP) is 5.10. The van der Waals surface area contributed by atoms with Gasteiger partial charge >= 0.3 is 0 Å². The highest BCUT2D eigenvalue weighted by atomic mass is 35.5. The van der Waals surface area contributed by atoms with Gasteiger partial charge in [-0.3, -0.25) is 19.8 Å². The third-order valence-electron chi connectivity index (χ3n) is 7.04. The van der Waals surface area contributed by atoms with Gasteiger partial charge in [-0.05, 0) is 48.5 Å². The third kappa shape index (κ3) is 3.77. The van der Waals surface area contributed by atoms with Crippen LogP contribution in [-0.2, 0) is 16.9 Å². The maximum Gasteiger partial charge on any atom is 0.256 e. The molecular formula is C26H23Cl2N3O5. The number of nitrogens with one attached hydrogen (secondary N) is 1. The minimum absolute atomic E-state index is 0.232. The fourth-order valence-corrected chi connectivity index (χ4v) is 5.73. The van der Waals surface area contributed by atoms with Gasteiger partial charge in [-0.15, -0.1) is 0 Å². The molecule has 0 bridgehead atoms. The number of para-hydroxylation sites is 1. The quantitative estimate of drug-likeness (QED) is 0.354. The summed E-state index contributed by atoms with van der Waals surface area (Å²) in [6.45, 7) is 0.552. The van der Waals surface area contributed by atoms with Gasteiger partial charge in [0.1, 0.15) is 6.61 Å². The lowest BCUT2D eigenvalue weighted by molar-refractivity contribution is -0.534.